The SMILES string of the molecule is Cc1ccc(C(=O)N[C@H](C(=O)OCC(=O)NC(=O)NC2CCCCC2)C(C)C)cc1. The summed E-state index contributed by atoms with van der Waals surface area (Å²) in [5.41, 5.74) is 1.45. The molecule has 0 unspecified atom stereocenters. The highest BCUT2D eigenvalue weighted by molar-refractivity contribution is 5.98. The standard InChI is InChI=1S/C22H31N3O5/c1-14(2)19(25-20(27)16-11-9-15(3)10-12-16)21(28)30-13-18(26)24-22(29)23-17-7-5-4-6-8-17/h9-12,14,17,19H,4-8,13H2,1-3H3,(H,25,27)(H2,23,24,26,29)/t19-/m0/s1. The van der Waals surface area contributed by atoms with E-state index in [1.807, 2.05) is 6.92 Å². The number of ether oxygens (including phenoxy) is 1. The molecule has 0 saturated heterocycles. The third-order valence-electron chi connectivity index (χ3n) is 5.06. The van der Waals surface area contributed by atoms with Gasteiger partial charge in [-0.2, -0.15) is 0 Å². The highest BCUT2D eigenvalue weighted by Crippen LogP contribution is 2.17. The van der Waals surface area contributed by atoms with Gasteiger partial charge in [0.05, 0.1) is 0 Å². The van der Waals surface area contributed by atoms with Gasteiger partial charge in [0.2, 0.25) is 0 Å². The van der Waals surface area contributed by atoms with Crippen LogP contribution in [0.15, 0.2) is 24.3 Å². The fraction of sp³-hybridized carbons (Fsp3) is 0.545. The molecule has 1 saturated carbocycles. The molecule has 0 bridgehead atoms. The van der Waals surface area contributed by atoms with Crippen LogP contribution in [0, 0.1) is 12.8 Å². The predicted octanol–water partition coefficient (Wildman–Crippen LogP) is 2.45. The molecular formula is C22H31N3O5. The Morgan fingerprint density at radius 3 is 2.27 bits per heavy atom. The molecule has 2 rings (SSSR count). The molecule has 0 radical (unpaired) electrons. The molecule has 4 amide bonds. The van der Waals surface area contributed by atoms with Crippen molar-refractivity contribution in [3.63, 3.8) is 0 Å². The number of rotatable bonds is 7. The molecule has 1 aliphatic carbocycles. The van der Waals surface area contributed by atoms with Crippen molar-refractivity contribution < 1.29 is 23.9 Å². The van der Waals surface area contributed by atoms with Crippen LogP contribution in [0.5, 0.6) is 0 Å². The monoisotopic (exact) mass is 417 g/mol. The number of carbonyl (C=O) groups excluding carboxylic acids is 4. The molecule has 0 spiro atoms. The zero-order valence-electron chi connectivity index (χ0n) is 17.8. The maximum atomic E-state index is 12.4. The topological polar surface area (TPSA) is 114 Å². The summed E-state index contributed by atoms with van der Waals surface area (Å²) in [5, 5.41) is 7.57. The number of imide groups is 1. The summed E-state index contributed by atoms with van der Waals surface area (Å²) in [6.45, 7) is 4.84. The number of urea groups is 1. The molecule has 1 fully saturated rings. The van der Waals surface area contributed by atoms with Crippen LogP contribution in [0.2, 0.25) is 0 Å². The average Bonchev–Trinajstić information content (AvgIpc) is 2.71. The minimum absolute atomic E-state index is 0.0661. The summed E-state index contributed by atoms with van der Waals surface area (Å²) in [6.07, 6.45) is 5.07. The van der Waals surface area contributed by atoms with Gasteiger partial charge in [-0.05, 0) is 37.8 Å². The summed E-state index contributed by atoms with van der Waals surface area (Å²) in [5.74, 6) is -2.09. The molecule has 8 heteroatoms. The first-order valence-electron chi connectivity index (χ1n) is 10.4. The minimum Gasteiger partial charge on any atom is -0.454 e. The number of hydrogen-bond acceptors (Lipinski definition) is 5. The Morgan fingerprint density at radius 1 is 1.03 bits per heavy atom. The summed E-state index contributed by atoms with van der Waals surface area (Å²) in [4.78, 5) is 48.6. The summed E-state index contributed by atoms with van der Waals surface area (Å²) >= 11 is 0. The average molecular weight is 418 g/mol. The highest BCUT2D eigenvalue weighted by Gasteiger charge is 2.27. The van der Waals surface area contributed by atoms with E-state index in [2.05, 4.69) is 16.0 Å². The lowest BCUT2D eigenvalue weighted by Gasteiger charge is -2.23. The molecule has 1 aromatic rings. The Bertz CT molecular complexity index is 755. The van der Waals surface area contributed by atoms with E-state index >= 15 is 0 Å². The zero-order valence-corrected chi connectivity index (χ0v) is 17.8. The smallest absolute Gasteiger partial charge is 0.329 e. The van der Waals surface area contributed by atoms with Crippen LogP contribution in [-0.4, -0.2) is 42.5 Å². The molecule has 3 N–H and O–H groups in total. The number of benzene rings is 1. The van der Waals surface area contributed by atoms with Crippen LogP contribution in [0.1, 0.15) is 61.9 Å². The number of hydrogen-bond donors (Lipinski definition) is 3. The van der Waals surface area contributed by atoms with Crippen molar-refractivity contribution in [2.45, 2.75) is 65.0 Å². The fourth-order valence-corrected chi connectivity index (χ4v) is 3.28. The molecule has 0 aromatic heterocycles. The lowest BCUT2D eigenvalue weighted by molar-refractivity contribution is -0.151. The molecule has 1 aromatic carbocycles. The highest BCUT2D eigenvalue weighted by atomic mass is 16.5. The zero-order chi connectivity index (χ0) is 22.1. The quantitative estimate of drug-likeness (QED) is 0.590. The van der Waals surface area contributed by atoms with Crippen LogP contribution in [-0.2, 0) is 14.3 Å². The van der Waals surface area contributed by atoms with Gasteiger partial charge in [-0.1, -0.05) is 50.8 Å². The van der Waals surface area contributed by atoms with E-state index in [1.165, 1.54) is 0 Å². The second kappa shape index (κ2) is 11.3. The van der Waals surface area contributed by atoms with Crippen molar-refractivity contribution >= 4 is 23.8 Å². The van der Waals surface area contributed by atoms with Crippen LogP contribution >= 0.6 is 0 Å². The number of esters is 1. The molecule has 8 nitrogen and oxygen atoms in total. The van der Waals surface area contributed by atoms with Gasteiger partial charge in [-0.3, -0.25) is 14.9 Å². The number of amides is 4. The Hall–Kier alpha value is -2.90. The number of carbonyl (C=O) groups is 4. The first-order chi connectivity index (χ1) is 14.3. The van der Waals surface area contributed by atoms with Crippen molar-refractivity contribution in [3.8, 4) is 0 Å². The van der Waals surface area contributed by atoms with Crippen molar-refractivity contribution in [3.05, 3.63) is 35.4 Å². The van der Waals surface area contributed by atoms with Gasteiger partial charge in [0.15, 0.2) is 6.61 Å². The normalized spacial score (nSPS) is 15.2. The van der Waals surface area contributed by atoms with E-state index in [4.69, 9.17) is 4.74 Å². The third kappa shape index (κ3) is 7.50. The van der Waals surface area contributed by atoms with E-state index in [1.54, 1.807) is 38.1 Å². The fourth-order valence-electron chi connectivity index (χ4n) is 3.28. The second-order valence-electron chi connectivity index (χ2n) is 8.03. The van der Waals surface area contributed by atoms with Gasteiger partial charge in [0, 0.05) is 11.6 Å². The molecule has 0 heterocycles. The van der Waals surface area contributed by atoms with Crippen molar-refractivity contribution in [1.29, 1.82) is 0 Å². The molecule has 30 heavy (non-hydrogen) atoms. The Labute approximate surface area is 177 Å². The van der Waals surface area contributed by atoms with Gasteiger partial charge in [-0.15, -0.1) is 0 Å². The summed E-state index contributed by atoms with van der Waals surface area (Å²) in [6, 6.07) is 5.52. The van der Waals surface area contributed by atoms with E-state index in [0.29, 0.717) is 5.56 Å². The summed E-state index contributed by atoms with van der Waals surface area (Å²) in [7, 11) is 0. The van der Waals surface area contributed by atoms with Crippen LogP contribution in [0.25, 0.3) is 0 Å². The van der Waals surface area contributed by atoms with E-state index < -0.39 is 36.5 Å². The number of aryl methyl sites for hydroxylation is 1. The predicted molar refractivity (Wildman–Crippen MR) is 112 cm³/mol. The third-order valence-corrected chi connectivity index (χ3v) is 5.06. The lowest BCUT2D eigenvalue weighted by Crippen LogP contribution is -2.48. The maximum absolute atomic E-state index is 12.4. The van der Waals surface area contributed by atoms with Crippen LogP contribution in [0.4, 0.5) is 4.79 Å². The Balaban J connectivity index is 1.80. The van der Waals surface area contributed by atoms with E-state index in [-0.39, 0.29) is 12.0 Å². The molecular weight excluding hydrogens is 386 g/mol. The van der Waals surface area contributed by atoms with E-state index in [0.717, 1.165) is 37.7 Å². The first kappa shape index (κ1) is 23.4. The van der Waals surface area contributed by atoms with E-state index in [9.17, 15) is 19.2 Å². The Kier molecular flexibility index (Phi) is 8.83. The largest absolute Gasteiger partial charge is 0.454 e. The maximum Gasteiger partial charge on any atom is 0.329 e. The molecule has 1 aliphatic rings. The molecule has 0 aliphatic heterocycles. The van der Waals surface area contributed by atoms with Crippen molar-refractivity contribution in [1.82, 2.24) is 16.0 Å². The molecule has 164 valence electrons. The van der Waals surface area contributed by atoms with Crippen LogP contribution < -0.4 is 16.0 Å². The van der Waals surface area contributed by atoms with Gasteiger partial charge >= 0.3 is 12.0 Å². The summed E-state index contributed by atoms with van der Waals surface area (Å²) < 4.78 is 5.03. The minimum atomic E-state index is -0.914. The van der Waals surface area contributed by atoms with Crippen molar-refractivity contribution in [2.75, 3.05) is 6.61 Å². The van der Waals surface area contributed by atoms with Gasteiger partial charge in [0.25, 0.3) is 11.8 Å². The Morgan fingerprint density at radius 2 is 1.67 bits per heavy atom. The van der Waals surface area contributed by atoms with Gasteiger partial charge in [0.1, 0.15) is 6.04 Å². The lowest BCUT2D eigenvalue weighted by atomic mass is 9.96. The number of nitrogens with one attached hydrogen (secondary N) is 3. The molecule has 1 atom stereocenters. The van der Waals surface area contributed by atoms with Gasteiger partial charge in [-0.25, -0.2) is 9.59 Å². The van der Waals surface area contributed by atoms with Gasteiger partial charge < -0.3 is 15.4 Å². The first-order valence-corrected chi connectivity index (χ1v) is 10.4. The van der Waals surface area contributed by atoms with Crippen molar-refractivity contribution in [2.24, 2.45) is 5.92 Å². The van der Waals surface area contributed by atoms with Crippen LogP contribution in [0.3, 0.4) is 0 Å². The second-order valence-corrected chi connectivity index (χ2v) is 8.03.